The van der Waals surface area contributed by atoms with E-state index in [1.165, 1.54) is 24.1 Å². The number of hydrogen-bond donors (Lipinski definition) is 0. The van der Waals surface area contributed by atoms with Crippen molar-refractivity contribution in [3.05, 3.63) is 29.8 Å². The van der Waals surface area contributed by atoms with Gasteiger partial charge in [0.15, 0.2) is 0 Å². The maximum absolute atomic E-state index is 2.46. The molecule has 0 heterocycles. The first-order valence-corrected chi connectivity index (χ1v) is 6.59. The van der Waals surface area contributed by atoms with Crippen LogP contribution in [0.3, 0.4) is 0 Å². The van der Waals surface area contributed by atoms with Gasteiger partial charge in [0.2, 0.25) is 0 Å². The molecule has 0 bridgehead atoms. The minimum absolute atomic E-state index is 1.16. The van der Waals surface area contributed by atoms with Crippen LogP contribution in [-0.4, -0.2) is 13.1 Å². The molecule has 0 aliphatic carbocycles. The molecule has 1 rings (SSSR count). The van der Waals surface area contributed by atoms with E-state index in [0.29, 0.717) is 0 Å². The average Bonchev–Trinajstić information content (AvgIpc) is 2.32. The van der Waals surface area contributed by atoms with Crippen molar-refractivity contribution >= 4 is 5.69 Å². The summed E-state index contributed by atoms with van der Waals surface area (Å²) in [5.41, 5.74) is 2.70. The maximum Gasteiger partial charge on any atom is 0.0366 e. The lowest BCUT2D eigenvalue weighted by Gasteiger charge is -2.23. The zero-order chi connectivity index (χ0) is 12.4. The van der Waals surface area contributed by atoms with Gasteiger partial charge in [-0.15, -0.1) is 0 Å². The van der Waals surface area contributed by atoms with Crippen molar-refractivity contribution in [2.45, 2.75) is 47.5 Å². The van der Waals surface area contributed by atoms with Crippen LogP contribution in [0, 0.1) is 6.92 Å². The van der Waals surface area contributed by atoms with Crippen molar-refractivity contribution in [3.63, 3.8) is 0 Å². The minimum atomic E-state index is 1.16. The molecule has 0 fully saturated rings. The normalized spacial score (nSPS) is 9.31. The summed E-state index contributed by atoms with van der Waals surface area (Å²) in [4.78, 5) is 2.46. The van der Waals surface area contributed by atoms with E-state index in [9.17, 15) is 0 Å². The van der Waals surface area contributed by atoms with E-state index >= 15 is 0 Å². The fraction of sp³-hybridized carbons (Fsp3) is 0.600. The summed E-state index contributed by atoms with van der Waals surface area (Å²) in [6, 6.07) is 8.82. The van der Waals surface area contributed by atoms with E-state index < -0.39 is 0 Å². The number of benzene rings is 1. The van der Waals surface area contributed by atoms with Crippen LogP contribution in [0.1, 0.15) is 46.1 Å². The number of nitrogens with zero attached hydrogens (tertiary/aromatic N) is 1. The third-order valence-electron chi connectivity index (χ3n) is 2.39. The Morgan fingerprint density at radius 1 is 0.875 bits per heavy atom. The highest BCUT2D eigenvalue weighted by Crippen LogP contribution is 2.15. The second-order valence-electron chi connectivity index (χ2n) is 3.82. The van der Waals surface area contributed by atoms with Crippen molar-refractivity contribution in [2.75, 3.05) is 18.0 Å². The van der Waals surface area contributed by atoms with Crippen LogP contribution in [0.4, 0.5) is 5.69 Å². The van der Waals surface area contributed by atoms with Crippen molar-refractivity contribution in [3.8, 4) is 0 Å². The molecule has 0 atom stereocenters. The van der Waals surface area contributed by atoms with Gasteiger partial charge >= 0.3 is 0 Å². The van der Waals surface area contributed by atoms with Gasteiger partial charge in [-0.1, -0.05) is 45.4 Å². The van der Waals surface area contributed by atoms with Gasteiger partial charge in [0.1, 0.15) is 0 Å². The van der Waals surface area contributed by atoms with E-state index in [2.05, 4.69) is 49.9 Å². The van der Waals surface area contributed by atoms with Crippen molar-refractivity contribution < 1.29 is 0 Å². The Kier molecular flexibility index (Phi) is 8.69. The van der Waals surface area contributed by atoms with E-state index in [0.717, 1.165) is 13.1 Å². The maximum atomic E-state index is 2.46. The zero-order valence-corrected chi connectivity index (χ0v) is 11.6. The lowest BCUT2D eigenvalue weighted by molar-refractivity contribution is 0.745. The number of anilines is 1. The first-order chi connectivity index (χ1) is 7.77. The molecule has 0 saturated carbocycles. The second kappa shape index (κ2) is 9.26. The Labute approximate surface area is 101 Å². The summed E-state index contributed by atoms with van der Waals surface area (Å²) < 4.78 is 0. The summed E-state index contributed by atoms with van der Waals surface area (Å²) in [6.45, 7) is 12.9. The average molecular weight is 221 g/mol. The second-order valence-corrected chi connectivity index (χ2v) is 3.82. The molecule has 0 aromatic heterocycles. The van der Waals surface area contributed by atoms with Crippen molar-refractivity contribution in [1.82, 2.24) is 0 Å². The van der Waals surface area contributed by atoms with E-state index in [-0.39, 0.29) is 0 Å². The summed E-state index contributed by atoms with van der Waals surface area (Å²) in [5, 5.41) is 0. The van der Waals surface area contributed by atoms with Crippen molar-refractivity contribution in [1.29, 1.82) is 0 Å². The van der Waals surface area contributed by atoms with Crippen LogP contribution < -0.4 is 4.90 Å². The molecule has 0 aliphatic heterocycles. The van der Waals surface area contributed by atoms with Crippen LogP contribution in [0.2, 0.25) is 0 Å². The molecule has 0 amide bonds. The van der Waals surface area contributed by atoms with E-state index in [4.69, 9.17) is 0 Å². The van der Waals surface area contributed by atoms with Gasteiger partial charge in [-0.05, 0) is 31.9 Å². The molecule has 0 saturated heterocycles. The number of aryl methyl sites for hydroxylation is 1. The predicted molar refractivity (Wildman–Crippen MR) is 75.3 cm³/mol. The van der Waals surface area contributed by atoms with Gasteiger partial charge in [-0.3, -0.25) is 0 Å². The van der Waals surface area contributed by atoms with Gasteiger partial charge in [0, 0.05) is 18.8 Å². The fourth-order valence-electron chi connectivity index (χ4n) is 1.67. The van der Waals surface area contributed by atoms with Crippen LogP contribution >= 0.6 is 0 Å². The fourth-order valence-corrected chi connectivity index (χ4v) is 1.67. The molecule has 16 heavy (non-hydrogen) atoms. The van der Waals surface area contributed by atoms with Crippen LogP contribution in [-0.2, 0) is 0 Å². The molecule has 1 nitrogen and oxygen atoms in total. The smallest absolute Gasteiger partial charge is 0.0366 e. The molecular formula is C15H27N. The molecule has 0 unspecified atom stereocenters. The summed E-state index contributed by atoms with van der Waals surface area (Å²) in [5.74, 6) is 0. The molecule has 92 valence electrons. The topological polar surface area (TPSA) is 3.24 Å². The molecule has 0 N–H and O–H groups in total. The highest BCUT2D eigenvalue weighted by molar-refractivity contribution is 5.47. The van der Waals surface area contributed by atoms with Gasteiger partial charge in [-0.25, -0.2) is 0 Å². The van der Waals surface area contributed by atoms with E-state index in [1.54, 1.807) is 0 Å². The molecule has 1 aromatic carbocycles. The van der Waals surface area contributed by atoms with Gasteiger partial charge < -0.3 is 4.90 Å². The minimum Gasteiger partial charge on any atom is -0.372 e. The third-order valence-corrected chi connectivity index (χ3v) is 2.39. The first kappa shape index (κ1) is 15.0. The lowest BCUT2D eigenvalue weighted by Crippen LogP contribution is -2.24. The highest BCUT2D eigenvalue weighted by Gasteiger charge is 2.02. The molecule has 1 heteroatoms. The third kappa shape index (κ3) is 5.20. The van der Waals surface area contributed by atoms with Gasteiger partial charge in [0.25, 0.3) is 0 Å². The Bertz CT molecular complexity index is 245. The summed E-state index contributed by atoms with van der Waals surface area (Å²) in [7, 11) is 0. The standard InChI is InChI=1S/C13H21N.C2H6/c1-4-10-14(11-5-2)13-8-6-12(3)7-9-13;1-2/h6-9H,4-5,10-11H2,1-3H3;1-2H3. The Hall–Kier alpha value is -0.980. The Balaban J connectivity index is 0.00000106. The lowest BCUT2D eigenvalue weighted by atomic mass is 10.2. The quantitative estimate of drug-likeness (QED) is 0.699. The molecule has 0 radical (unpaired) electrons. The number of rotatable bonds is 5. The molecule has 1 aromatic rings. The molecule has 0 aliphatic rings. The molecule has 0 spiro atoms. The predicted octanol–water partition coefficient (Wildman–Crippen LogP) is 4.65. The van der Waals surface area contributed by atoms with Crippen molar-refractivity contribution in [2.24, 2.45) is 0 Å². The largest absolute Gasteiger partial charge is 0.372 e. The monoisotopic (exact) mass is 221 g/mol. The van der Waals surface area contributed by atoms with Gasteiger partial charge in [-0.2, -0.15) is 0 Å². The number of hydrogen-bond acceptors (Lipinski definition) is 1. The van der Waals surface area contributed by atoms with E-state index in [1.807, 2.05) is 13.8 Å². The van der Waals surface area contributed by atoms with Crippen LogP contribution in [0.25, 0.3) is 0 Å². The van der Waals surface area contributed by atoms with Crippen LogP contribution in [0.15, 0.2) is 24.3 Å². The summed E-state index contributed by atoms with van der Waals surface area (Å²) >= 11 is 0. The first-order valence-electron chi connectivity index (χ1n) is 6.59. The SMILES string of the molecule is CC.CCCN(CCC)c1ccc(C)cc1. The Morgan fingerprint density at radius 3 is 1.69 bits per heavy atom. The zero-order valence-electron chi connectivity index (χ0n) is 11.6. The van der Waals surface area contributed by atoms with Gasteiger partial charge in [0.05, 0.1) is 0 Å². The highest BCUT2D eigenvalue weighted by atomic mass is 15.1. The summed E-state index contributed by atoms with van der Waals surface area (Å²) in [6.07, 6.45) is 2.43. The van der Waals surface area contributed by atoms with Crippen LogP contribution in [0.5, 0.6) is 0 Å². The Morgan fingerprint density at radius 2 is 1.31 bits per heavy atom. The molecular weight excluding hydrogens is 194 g/mol.